The zero-order valence-corrected chi connectivity index (χ0v) is 8.90. The van der Waals surface area contributed by atoms with Crippen LogP contribution in [0.2, 0.25) is 0 Å². The van der Waals surface area contributed by atoms with Crippen molar-refractivity contribution in [3.63, 3.8) is 0 Å². The molecule has 1 rings (SSSR count). The molecule has 3 N–H and O–H groups in total. The van der Waals surface area contributed by atoms with E-state index in [0.717, 1.165) is 11.4 Å². The summed E-state index contributed by atoms with van der Waals surface area (Å²) in [5.41, 5.74) is 8.30. The first kappa shape index (κ1) is 11.1. The van der Waals surface area contributed by atoms with Gasteiger partial charge in [-0.2, -0.15) is 0 Å². The van der Waals surface area contributed by atoms with E-state index in [1.807, 2.05) is 49.4 Å². The molecule has 0 spiro atoms. The summed E-state index contributed by atoms with van der Waals surface area (Å²) in [6.45, 7) is 5.60. The molecule has 0 aliphatic heterocycles. The second-order valence-electron chi connectivity index (χ2n) is 3.06. The van der Waals surface area contributed by atoms with E-state index < -0.39 is 0 Å². The van der Waals surface area contributed by atoms with Crippen LogP contribution in [0.5, 0.6) is 0 Å². The fourth-order valence-electron chi connectivity index (χ4n) is 1.16. The maximum Gasteiger partial charge on any atom is 0.0614 e. The summed E-state index contributed by atoms with van der Waals surface area (Å²) in [5, 5.41) is 3.23. The molecule has 0 bridgehead atoms. The summed E-state index contributed by atoms with van der Waals surface area (Å²) in [5.74, 6) is 0. The molecule has 0 unspecified atom stereocenters. The topological polar surface area (TPSA) is 38.0 Å². The normalized spacial score (nSPS) is 12.3. The summed E-state index contributed by atoms with van der Waals surface area (Å²) in [4.78, 5) is 0. The van der Waals surface area contributed by atoms with Gasteiger partial charge in [0.15, 0.2) is 0 Å². The van der Waals surface area contributed by atoms with Crippen molar-refractivity contribution in [2.24, 2.45) is 5.73 Å². The molecule has 1 aromatic rings. The number of hydrogen-bond donors (Lipinski definition) is 2. The standard InChI is InChI=1S/C13H16N2/c1-3-8-13(12(14)4-2)15-11-9-6-5-7-10-11/h3-10,15H,2,14H2,1H3/b8-3-,13-12-. The third-order valence-electron chi connectivity index (χ3n) is 1.92. The van der Waals surface area contributed by atoms with Crippen molar-refractivity contribution in [2.45, 2.75) is 6.92 Å². The first-order valence-electron chi connectivity index (χ1n) is 4.85. The third kappa shape index (κ3) is 3.35. The van der Waals surface area contributed by atoms with Gasteiger partial charge >= 0.3 is 0 Å². The molecule has 1 aromatic carbocycles. The monoisotopic (exact) mass is 200 g/mol. The number of hydrogen-bond acceptors (Lipinski definition) is 2. The van der Waals surface area contributed by atoms with E-state index in [4.69, 9.17) is 5.73 Å². The minimum atomic E-state index is 0.636. The van der Waals surface area contributed by atoms with Crippen LogP contribution in [-0.4, -0.2) is 0 Å². The highest BCUT2D eigenvalue weighted by molar-refractivity contribution is 5.52. The number of nitrogens with two attached hydrogens (primary N) is 1. The van der Waals surface area contributed by atoms with Crippen LogP contribution in [-0.2, 0) is 0 Å². The predicted molar refractivity (Wildman–Crippen MR) is 66.3 cm³/mol. The highest BCUT2D eigenvalue weighted by atomic mass is 14.9. The molecule has 2 nitrogen and oxygen atoms in total. The van der Waals surface area contributed by atoms with Gasteiger partial charge in [-0.05, 0) is 31.2 Å². The summed E-state index contributed by atoms with van der Waals surface area (Å²) in [6.07, 6.45) is 5.48. The first-order valence-corrected chi connectivity index (χ1v) is 4.85. The minimum Gasteiger partial charge on any atom is -0.397 e. The predicted octanol–water partition coefficient (Wildman–Crippen LogP) is 3.03. The zero-order valence-electron chi connectivity index (χ0n) is 8.90. The van der Waals surface area contributed by atoms with Gasteiger partial charge in [0.2, 0.25) is 0 Å². The SMILES string of the molecule is C=C/C(N)=C(\C=C/C)Nc1ccccc1. The van der Waals surface area contributed by atoms with E-state index in [1.54, 1.807) is 6.08 Å². The second kappa shape index (κ2) is 5.70. The Bertz CT molecular complexity index is 375. The quantitative estimate of drug-likeness (QED) is 0.733. The van der Waals surface area contributed by atoms with E-state index in [1.165, 1.54) is 0 Å². The van der Waals surface area contributed by atoms with Gasteiger partial charge in [0, 0.05) is 5.69 Å². The van der Waals surface area contributed by atoms with Gasteiger partial charge in [-0.3, -0.25) is 0 Å². The Balaban J connectivity index is 2.90. The third-order valence-corrected chi connectivity index (χ3v) is 1.92. The maximum atomic E-state index is 5.80. The Labute approximate surface area is 90.8 Å². The Morgan fingerprint density at radius 3 is 2.53 bits per heavy atom. The van der Waals surface area contributed by atoms with E-state index in [9.17, 15) is 0 Å². The van der Waals surface area contributed by atoms with Crippen LogP contribution in [0.3, 0.4) is 0 Å². The molecule has 78 valence electrons. The van der Waals surface area contributed by atoms with Crippen LogP contribution < -0.4 is 11.1 Å². The molecular weight excluding hydrogens is 184 g/mol. The van der Waals surface area contributed by atoms with Gasteiger partial charge < -0.3 is 11.1 Å². The average Bonchev–Trinajstić information content (AvgIpc) is 2.29. The highest BCUT2D eigenvalue weighted by Crippen LogP contribution is 2.11. The molecule has 0 aliphatic carbocycles. The minimum absolute atomic E-state index is 0.636. The maximum absolute atomic E-state index is 5.80. The molecule has 0 saturated heterocycles. The molecule has 0 amide bonds. The Hall–Kier alpha value is -1.96. The van der Waals surface area contributed by atoms with Crippen LogP contribution in [0.25, 0.3) is 0 Å². The summed E-state index contributed by atoms with van der Waals surface area (Å²) < 4.78 is 0. The fraction of sp³-hybridized carbons (Fsp3) is 0.0769. The van der Waals surface area contributed by atoms with Crippen LogP contribution in [0.1, 0.15) is 6.92 Å². The van der Waals surface area contributed by atoms with Gasteiger partial charge in [0.25, 0.3) is 0 Å². The molecule has 0 aliphatic rings. The Morgan fingerprint density at radius 1 is 1.33 bits per heavy atom. The summed E-state index contributed by atoms with van der Waals surface area (Å²) in [6, 6.07) is 9.89. The second-order valence-corrected chi connectivity index (χ2v) is 3.06. The number of allylic oxidation sites excluding steroid dienone is 3. The molecule has 2 heteroatoms. The smallest absolute Gasteiger partial charge is 0.0614 e. The molecular formula is C13H16N2. The first-order chi connectivity index (χ1) is 7.27. The fourth-order valence-corrected chi connectivity index (χ4v) is 1.16. The van der Waals surface area contributed by atoms with Gasteiger partial charge in [0.05, 0.1) is 11.4 Å². The summed E-state index contributed by atoms with van der Waals surface area (Å²) in [7, 11) is 0. The van der Waals surface area contributed by atoms with Crippen LogP contribution in [0.15, 0.2) is 66.5 Å². The van der Waals surface area contributed by atoms with Crippen molar-refractivity contribution in [1.82, 2.24) is 0 Å². The largest absolute Gasteiger partial charge is 0.397 e. The average molecular weight is 200 g/mol. The van der Waals surface area contributed by atoms with E-state index in [0.29, 0.717) is 5.70 Å². The van der Waals surface area contributed by atoms with Crippen molar-refractivity contribution in [3.05, 3.63) is 66.5 Å². The van der Waals surface area contributed by atoms with E-state index in [-0.39, 0.29) is 0 Å². The van der Waals surface area contributed by atoms with E-state index in [2.05, 4.69) is 11.9 Å². The molecule has 0 aromatic heterocycles. The molecule has 15 heavy (non-hydrogen) atoms. The highest BCUT2D eigenvalue weighted by Gasteiger charge is 1.96. The van der Waals surface area contributed by atoms with Crippen molar-refractivity contribution < 1.29 is 0 Å². The van der Waals surface area contributed by atoms with E-state index >= 15 is 0 Å². The van der Waals surface area contributed by atoms with Crippen LogP contribution in [0.4, 0.5) is 5.69 Å². The molecule has 0 saturated carbocycles. The zero-order chi connectivity index (χ0) is 11.1. The van der Waals surface area contributed by atoms with Crippen LogP contribution in [0, 0.1) is 0 Å². The molecule has 0 atom stereocenters. The van der Waals surface area contributed by atoms with Crippen molar-refractivity contribution in [1.29, 1.82) is 0 Å². The van der Waals surface area contributed by atoms with Crippen molar-refractivity contribution in [2.75, 3.05) is 5.32 Å². The number of benzene rings is 1. The van der Waals surface area contributed by atoms with Gasteiger partial charge in [-0.1, -0.05) is 30.9 Å². The molecule has 0 radical (unpaired) electrons. The lowest BCUT2D eigenvalue weighted by Gasteiger charge is -2.08. The lowest BCUT2D eigenvalue weighted by atomic mass is 10.2. The number of para-hydroxylation sites is 1. The van der Waals surface area contributed by atoms with Gasteiger partial charge in [-0.25, -0.2) is 0 Å². The molecule has 0 fully saturated rings. The summed E-state index contributed by atoms with van der Waals surface area (Å²) >= 11 is 0. The lowest BCUT2D eigenvalue weighted by molar-refractivity contribution is 1.32. The molecule has 0 heterocycles. The lowest BCUT2D eigenvalue weighted by Crippen LogP contribution is -2.06. The Kier molecular flexibility index (Phi) is 4.23. The van der Waals surface area contributed by atoms with Gasteiger partial charge in [0.1, 0.15) is 0 Å². The Morgan fingerprint density at radius 2 is 2.00 bits per heavy atom. The van der Waals surface area contributed by atoms with Crippen LogP contribution >= 0.6 is 0 Å². The van der Waals surface area contributed by atoms with Crippen molar-refractivity contribution >= 4 is 5.69 Å². The van der Waals surface area contributed by atoms with Gasteiger partial charge in [-0.15, -0.1) is 0 Å². The number of rotatable bonds is 4. The number of anilines is 1. The number of nitrogens with one attached hydrogen (secondary N) is 1. The van der Waals surface area contributed by atoms with Crippen molar-refractivity contribution in [3.8, 4) is 0 Å².